The normalized spacial score (nSPS) is 11.1. The van der Waals surface area contributed by atoms with E-state index >= 15 is 0 Å². The Morgan fingerprint density at radius 1 is 0.875 bits per heavy atom. The van der Waals surface area contributed by atoms with E-state index in [1.807, 2.05) is 20.8 Å². The van der Waals surface area contributed by atoms with Gasteiger partial charge in [-0.1, -0.05) is 0 Å². The number of hydrogen-bond donors (Lipinski definition) is 1. The number of aryl methyl sites for hydroxylation is 3. The molecule has 0 bridgehead atoms. The first kappa shape index (κ1) is 10.9. The van der Waals surface area contributed by atoms with Crippen LogP contribution in [0.25, 0.3) is 10.9 Å². The molecule has 1 N–H and O–H groups in total. The van der Waals surface area contributed by atoms with E-state index in [1.165, 1.54) is 11.1 Å². The number of aromatic nitrogens is 2. The molecule has 16 heavy (non-hydrogen) atoms. The van der Waals surface area contributed by atoms with Gasteiger partial charge >= 0.3 is 0 Å². The van der Waals surface area contributed by atoms with Crippen molar-refractivity contribution in [2.75, 3.05) is 0 Å². The molecule has 3 heteroatoms. The summed E-state index contributed by atoms with van der Waals surface area (Å²) in [6.07, 6.45) is 0. The molecular formula is C13H16N2O. The average molecular weight is 216 g/mol. The zero-order chi connectivity index (χ0) is 12.0. The average Bonchev–Trinajstić information content (AvgIpc) is 2.22. The van der Waals surface area contributed by atoms with Crippen LogP contribution in [0.4, 0.5) is 0 Å². The molecule has 0 aliphatic heterocycles. The molecular weight excluding hydrogens is 200 g/mol. The zero-order valence-electron chi connectivity index (χ0n) is 10.4. The minimum atomic E-state index is -0.0359. The maximum absolute atomic E-state index is 11.9. The Hall–Kier alpha value is -1.64. The lowest BCUT2D eigenvalue weighted by Crippen LogP contribution is -2.13. The first-order chi connectivity index (χ1) is 7.43. The van der Waals surface area contributed by atoms with E-state index in [1.54, 1.807) is 0 Å². The molecule has 1 aromatic heterocycles. The number of H-pyrrole nitrogens is 1. The highest BCUT2D eigenvalue weighted by molar-refractivity contribution is 5.86. The lowest BCUT2D eigenvalue weighted by atomic mass is 9.95. The summed E-state index contributed by atoms with van der Waals surface area (Å²) in [7, 11) is 0. The van der Waals surface area contributed by atoms with Crippen molar-refractivity contribution < 1.29 is 0 Å². The molecule has 0 aliphatic rings. The minimum absolute atomic E-state index is 0.0359. The van der Waals surface area contributed by atoms with Crippen LogP contribution in [-0.4, -0.2) is 9.97 Å². The van der Waals surface area contributed by atoms with Crippen LogP contribution in [0.2, 0.25) is 0 Å². The molecule has 0 aliphatic carbocycles. The fourth-order valence-electron chi connectivity index (χ4n) is 2.13. The maximum Gasteiger partial charge on any atom is 0.259 e. The Labute approximate surface area is 94.5 Å². The van der Waals surface area contributed by atoms with E-state index in [0.717, 1.165) is 22.0 Å². The highest BCUT2D eigenvalue weighted by Gasteiger charge is 2.12. The summed E-state index contributed by atoms with van der Waals surface area (Å²) in [5.41, 5.74) is 5.34. The molecule has 3 nitrogen and oxygen atoms in total. The predicted octanol–water partition coefficient (Wildman–Crippen LogP) is 2.47. The monoisotopic (exact) mass is 216 g/mol. The number of aromatic amines is 1. The second-order valence-corrected chi connectivity index (χ2v) is 4.37. The lowest BCUT2D eigenvalue weighted by molar-refractivity contribution is 1.05. The van der Waals surface area contributed by atoms with Crippen LogP contribution in [-0.2, 0) is 0 Å². The van der Waals surface area contributed by atoms with Crippen LogP contribution in [0.5, 0.6) is 0 Å². The quantitative estimate of drug-likeness (QED) is 0.735. The van der Waals surface area contributed by atoms with Crippen molar-refractivity contribution in [1.29, 1.82) is 0 Å². The Morgan fingerprint density at radius 2 is 1.44 bits per heavy atom. The topological polar surface area (TPSA) is 45.8 Å². The second-order valence-electron chi connectivity index (χ2n) is 4.37. The minimum Gasteiger partial charge on any atom is -0.310 e. The fourth-order valence-corrected chi connectivity index (χ4v) is 2.13. The molecule has 0 fully saturated rings. The summed E-state index contributed by atoms with van der Waals surface area (Å²) in [6.45, 7) is 9.95. The van der Waals surface area contributed by atoms with Crippen LogP contribution in [0.1, 0.15) is 28.1 Å². The summed E-state index contributed by atoms with van der Waals surface area (Å²) >= 11 is 0. The molecule has 0 spiro atoms. The molecule has 0 radical (unpaired) electrons. The smallest absolute Gasteiger partial charge is 0.259 e. The molecule has 2 rings (SSSR count). The van der Waals surface area contributed by atoms with E-state index in [-0.39, 0.29) is 5.56 Å². The van der Waals surface area contributed by atoms with E-state index in [2.05, 4.69) is 23.8 Å². The van der Waals surface area contributed by atoms with Gasteiger partial charge in [-0.2, -0.15) is 0 Å². The van der Waals surface area contributed by atoms with Crippen LogP contribution in [0.15, 0.2) is 4.79 Å². The Balaban J connectivity index is 3.15. The first-order valence-corrected chi connectivity index (χ1v) is 5.40. The van der Waals surface area contributed by atoms with E-state index in [0.29, 0.717) is 5.82 Å². The third-order valence-electron chi connectivity index (χ3n) is 3.46. The van der Waals surface area contributed by atoms with Gasteiger partial charge in [0.2, 0.25) is 0 Å². The van der Waals surface area contributed by atoms with Crippen LogP contribution >= 0.6 is 0 Å². The van der Waals surface area contributed by atoms with Crippen molar-refractivity contribution >= 4 is 10.9 Å². The third-order valence-corrected chi connectivity index (χ3v) is 3.46. The molecule has 1 aromatic carbocycles. The summed E-state index contributed by atoms with van der Waals surface area (Å²) in [4.78, 5) is 19.1. The van der Waals surface area contributed by atoms with E-state index in [4.69, 9.17) is 0 Å². The number of benzene rings is 1. The van der Waals surface area contributed by atoms with Crippen LogP contribution in [0, 0.1) is 34.6 Å². The molecule has 1 heterocycles. The van der Waals surface area contributed by atoms with E-state index < -0.39 is 0 Å². The highest BCUT2D eigenvalue weighted by Crippen LogP contribution is 2.25. The van der Waals surface area contributed by atoms with Gasteiger partial charge < -0.3 is 4.98 Å². The van der Waals surface area contributed by atoms with Gasteiger partial charge in [-0.25, -0.2) is 4.98 Å². The van der Waals surface area contributed by atoms with Crippen LogP contribution in [0.3, 0.4) is 0 Å². The SMILES string of the molecule is Cc1nc2c(C)c(C)c(C)c(C)c2c(=O)[nH]1. The molecule has 0 amide bonds. The molecule has 0 saturated heterocycles. The molecule has 0 atom stereocenters. The summed E-state index contributed by atoms with van der Waals surface area (Å²) in [5, 5.41) is 0.728. The lowest BCUT2D eigenvalue weighted by Gasteiger charge is -2.12. The molecule has 2 aromatic rings. The van der Waals surface area contributed by atoms with Gasteiger partial charge in [-0.15, -0.1) is 0 Å². The zero-order valence-corrected chi connectivity index (χ0v) is 10.4. The van der Waals surface area contributed by atoms with Gasteiger partial charge in [0.05, 0.1) is 10.9 Å². The van der Waals surface area contributed by atoms with Crippen molar-refractivity contribution in [3.8, 4) is 0 Å². The molecule has 84 valence electrons. The van der Waals surface area contributed by atoms with Gasteiger partial charge in [0.25, 0.3) is 5.56 Å². The van der Waals surface area contributed by atoms with Crippen molar-refractivity contribution in [3.63, 3.8) is 0 Å². The summed E-state index contributed by atoms with van der Waals surface area (Å²) in [5.74, 6) is 0.670. The summed E-state index contributed by atoms with van der Waals surface area (Å²) < 4.78 is 0. The van der Waals surface area contributed by atoms with Crippen molar-refractivity contribution in [3.05, 3.63) is 38.4 Å². The number of nitrogens with one attached hydrogen (secondary N) is 1. The Morgan fingerprint density at radius 3 is 2.06 bits per heavy atom. The predicted molar refractivity (Wildman–Crippen MR) is 66.0 cm³/mol. The van der Waals surface area contributed by atoms with Gasteiger partial charge in [-0.3, -0.25) is 4.79 Å². The van der Waals surface area contributed by atoms with Crippen molar-refractivity contribution in [1.82, 2.24) is 9.97 Å². The Bertz CT molecular complexity index is 639. The summed E-state index contributed by atoms with van der Waals surface area (Å²) in [6, 6.07) is 0. The van der Waals surface area contributed by atoms with Gasteiger partial charge in [0, 0.05) is 0 Å². The van der Waals surface area contributed by atoms with Crippen molar-refractivity contribution in [2.24, 2.45) is 0 Å². The molecule has 0 saturated carbocycles. The van der Waals surface area contributed by atoms with Crippen molar-refractivity contribution in [2.45, 2.75) is 34.6 Å². The van der Waals surface area contributed by atoms with Gasteiger partial charge in [-0.05, 0) is 56.9 Å². The van der Waals surface area contributed by atoms with E-state index in [9.17, 15) is 4.79 Å². The maximum atomic E-state index is 11.9. The number of nitrogens with zero attached hydrogens (tertiary/aromatic N) is 1. The highest BCUT2D eigenvalue weighted by atomic mass is 16.1. The number of fused-ring (bicyclic) bond motifs is 1. The third kappa shape index (κ3) is 1.35. The second kappa shape index (κ2) is 3.44. The largest absolute Gasteiger partial charge is 0.310 e. The van der Waals surface area contributed by atoms with Gasteiger partial charge in [0.1, 0.15) is 5.82 Å². The standard InChI is InChI=1S/C13H16N2O/c1-6-7(2)9(4)12-11(8(6)3)13(16)15-10(5)14-12/h1-5H3,(H,14,15,16). The number of hydrogen-bond acceptors (Lipinski definition) is 2. The van der Waals surface area contributed by atoms with Crippen LogP contribution < -0.4 is 5.56 Å². The number of rotatable bonds is 0. The van der Waals surface area contributed by atoms with Gasteiger partial charge in [0.15, 0.2) is 0 Å². The first-order valence-electron chi connectivity index (χ1n) is 5.40. The fraction of sp³-hybridized carbons (Fsp3) is 0.385. The molecule has 0 unspecified atom stereocenters. The Kier molecular flexibility index (Phi) is 2.34.